The first kappa shape index (κ1) is 17.1. The van der Waals surface area contributed by atoms with E-state index in [1.807, 2.05) is 17.5 Å². The van der Waals surface area contributed by atoms with Crippen molar-refractivity contribution < 1.29 is 9.59 Å². The molecule has 2 amide bonds. The van der Waals surface area contributed by atoms with E-state index in [2.05, 4.69) is 25.6 Å². The van der Waals surface area contributed by atoms with Gasteiger partial charge in [-0.2, -0.15) is 4.80 Å². The van der Waals surface area contributed by atoms with E-state index in [0.717, 1.165) is 17.7 Å². The van der Waals surface area contributed by atoms with Crippen LogP contribution in [0.3, 0.4) is 0 Å². The summed E-state index contributed by atoms with van der Waals surface area (Å²) in [5.74, 6) is 0.599. The Hall–Kier alpha value is -2.33. The van der Waals surface area contributed by atoms with Crippen molar-refractivity contribution in [3.63, 3.8) is 0 Å². The molecule has 0 bridgehead atoms. The van der Waals surface area contributed by atoms with Crippen LogP contribution in [-0.4, -0.2) is 80.6 Å². The number of thiophene rings is 1. The van der Waals surface area contributed by atoms with Crippen LogP contribution in [0.15, 0.2) is 17.5 Å². The van der Waals surface area contributed by atoms with Crippen LogP contribution < -0.4 is 5.32 Å². The zero-order chi connectivity index (χ0) is 17.9. The highest BCUT2D eigenvalue weighted by Crippen LogP contribution is 2.19. The van der Waals surface area contributed by atoms with Gasteiger partial charge in [0, 0.05) is 32.2 Å². The van der Waals surface area contributed by atoms with Crippen molar-refractivity contribution in [2.45, 2.75) is 25.4 Å². The lowest BCUT2D eigenvalue weighted by Crippen LogP contribution is -2.52. The maximum absolute atomic E-state index is 12.4. The van der Waals surface area contributed by atoms with Gasteiger partial charge in [0.25, 0.3) is 0 Å². The number of hydrogen-bond acceptors (Lipinski definition) is 7. The number of nitrogens with one attached hydrogen (secondary N) is 1. The lowest BCUT2D eigenvalue weighted by molar-refractivity contribution is -0.134. The zero-order valence-corrected chi connectivity index (χ0v) is 15.2. The van der Waals surface area contributed by atoms with Crippen molar-refractivity contribution in [2.75, 3.05) is 32.7 Å². The van der Waals surface area contributed by atoms with Gasteiger partial charge in [-0.1, -0.05) is 6.07 Å². The molecule has 0 aromatic carbocycles. The summed E-state index contributed by atoms with van der Waals surface area (Å²) in [5, 5.41) is 17.2. The van der Waals surface area contributed by atoms with Crippen molar-refractivity contribution in [1.82, 2.24) is 35.3 Å². The number of amides is 2. The minimum atomic E-state index is -0.0257. The minimum absolute atomic E-state index is 0.0257. The molecule has 9 nitrogen and oxygen atoms in total. The topological polar surface area (TPSA) is 96.3 Å². The van der Waals surface area contributed by atoms with E-state index in [1.165, 1.54) is 16.1 Å². The van der Waals surface area contributed by atoms with Gasteiger partial charge >= 0.3 is 0 Å². The molecule has 1 aliphatic carbocycles. The molecule has 0 spiro atoms. The summed E-state index contributed by atoms with van der Waals surface area (Å²) in [6.07, 6.45) is 2.19. The third-order valence-corrected chi connectivity index (χ3v) is 5.37. The Morgan fingerprint density at radius 1 is 1.19 bits per heavy atom. The molecule has 1 N–H and O–H groups in total. The van der Waals surface area contributed by atoms with E-state index in [0.29, 0.717) is 44.6 Å². The van der Waals surface area contributed by atoms with Gasteiger partial charge in [-0.15, -0.1) is 21.5 Å². The Bertz CT molecular complexity index is 763. The number of rotatable bonds is 6. The molecule has 2 aromatic heterocycles. The van der Waals surface area contributed by atoms with Crippen molar-refractivity contribution in [3.8, 4) is 10.7 Å². The number of aromatic nitrogens is 4. The third kappa shape index (κ3) is 4.25. The summed E-state index contributed by atoms with van der Waals surface area (Å²) in [5.41, 5.74) is 0. The maximum atomic E-state index is 12.4. The highest BCUT2D eigenvalue weighted by Gasteiger charge is 2.26. The fraction of sp³-hybridized carbons (Fsp3) is 0.562. The standard InChI is InChI=1S/C16H21N7O2S/c24-14(17-12-3-4-12)10-21-5-7-22(8-6-21)15(25)11-23-19-16(18-20-23)13-2-1-9-26-13/h1-2,9,12H,3-8,10-11H2,(H,17,24). The third-order valence-electron chi connectivity index (χ3n) is 4.51. The number of tetrazole rings is 1. The smallest absolute Gasteiger partial charge is 0.246 e. The van der Waals surface area contributed by atoms with Crippen LogP contribution in [0.2, 0.25) is 0 Å². The molecule has 10 heteroatoms. The molecule has 1 aliphatic heterocycles. The van der Waals surface area contributed by atoms with Gasteiger partial charge in [-0.25, -0.2) is 0 Å². The van der Waals surface area contributed by atoms with Crippen LogP contribution in [-0.2, 0) is 16.1 Å². The SMILES string of the molecule is O=C(CN1CCN(C(=O)Cn2nnc(-c3cccs3)n2)CC1)NC1CC1. The van der Waals surface area contributed by atoms with E-state index in [9.17, 15) is 9.59 Å². The second kappa shape index (κ2) is 7.50. The van der Waals surface area contributed by atoms with Gasteiger partial charge < -0.3 is 10.2 Å². The fourth-order valence-corrected chi connectivity index (χ4v) is 3.54. The van der Waals surface area contributed by atoms with Crippen molar-refractivity contribution in [3.05, 3.63) is 17.5 Å². The molecule has 2 aromatic rings. The Balaban J connectivity index is 1.24. The van der Waals surface area contributed by atoms with Crippen molar-refractivity contribution >= 4 is 23.2 Å². The normalized spacial score (nSPS) is 18.1. The summed E-state index contributed by atoms with van der Waals surface area (Å²) >= 11 is 1.54. The van der Waals surface area contributed by atoms with Crippen molar-refractivity contribution in [1.29, 1.82) is 0 Å². The summed E-state index contributed by atoms with van der Waals surface area (Å²) in [4.78, 5) is 30.5. The first-order valence-electron chi connectivity index (χ1n) is 8.78. The molecule has 4 rings (SSSR count). The van der Waals surface area contributed by atoms with Gasteiger partial charge in [0.15, 0.2) is 0 Å². The summed E-state index contributed by atoms with van der Waals surface area (Å²) < 4.78 is 0. The zero-order valence-electron chi connectivity index (χ0n) is 14.4. The lowest BCUT2D eigenvalue weighted by atomic mass is 10.3. The first-order chi connectivity index (χ1) is 12.7. The molecule has 0 atom stereocenters. The molecule has 2 fully saturated rings. The second-order valence-electron chi connectivity index (χ2n) is 6.62. The Morgan fingerprint density at radius 2 is 2.00 bits per heavy atom. The molecule has 0 unspecified atom stereocenters. The highest BCUT2D eigenvalue weighted by molar-refractivity contribution is 7.13. The van der Waals surface area contributed by atoms with Crippen LogP contribution >= 0.6 is 11.3 Å². The average molecular weight is 375 g/mol. The number of carbonyl (C=O) groups is 2. The summed E-state index contributed by atoms with van der Waals surface area (Å²) in [6, 6.07) is 4.24. The molecule has 3 heterocycles. The predicted molar refractivity (Wildman–Crippen MR) is 95.3 cm³/mol. The Kier molecular flexibility index (Phi) is 4.93. The van der Waals surface area contributed by atoms with Crippen LogP contribution in [0.1, 0.15) is 12.8 Å². The molecular weight excluding hydrogens is 354 g/mol. The average Bonchev–Trinajstić information content (AvgIpc) is 3.11. The largest absolute Gasteiger partial charge is 0.352 e. The van der Waals surface area contributed by atoms with Crippen LogP contribution in [0.25, 0.3) is 10.7 Å². The van der Waals surface area contributed by atoms with Gasteiger partial charge in [0.1, 0.15) is 6.54 Å². The molecule has 138 valence electrons. The quantitative estimate of drug-likeness (QED) is 0.753. The van der Waals surface area contributed by atoms with E-state index < -0.39 is 0 Å². The van der Waals surface area contributed by atoms with Crippen LogP contribution in [0, 0.1) is 0 Å². The minimum Gasteiger partial charge on any atom is -0.352 e. The lowest BCUT2D eigenvalue weighted by Gasteiger charge is -2.34. The van der Waals surface area contributed by atoms with Crippen molar-refractivity contribution in [2.24, 2.45) is 0 Å². The summed E-state index contributed by atoms with van der Waals surface area (Å²) in [7, 11) is 0. The monoisotopic (exact) mass is 375 g/mol. The van der Waals surface area contributed by atoms with E-state index in [1.54, 1.807) is 4.90 Å². The number of hydrogen-bond donors (Lipinski definition) is 1. The molecule has 1 saturated heterocycles. The van der Waals surface area contributed by atoms with Crippen LogP contribution in [0.4, 0.5) is 0 Å². The van der Waals surface area contributed by atoms with Gasteiger partial charge in [-0.3, -0.25) is 14.5 Å². The van der Waals surface area contributed by atoms with E-state index >= 15 is 0 Å². The number of nitrogens with zero attached hydrogens (tertiary/aromatic N) is 6. The van der Waals surface area contributed by atoms with Gasteiger partial charge in [0.2, 0.25) is 17.6 Å². The Labute approximate surface area is 155 Å². The van der Waals surface area contributed by atoms with Crippen LogP contribution in [0.5, 0.6) is 0 Å². The highest BCUT2D eigenvalue weighted by atomic mass is 32.1. The van der Waals surface area contributed by atoms with Gasteiger partial charge in [0.05, 0.1) is 11.4 Å². The summed E-state index contributed by atoms with van der Waals surface area (Å²) in [6.45, 7) is 3.13. The fourth-order valence-electron chi connectivity index (χ4n) is 2.90. The van der Waals surface area contributed by atoms with E-state index in [-0.39, 0.29) is 18.4 Å². The molecule has 26 heavy (non-hydrogen) atoms. The Morgan fingerprint density at radius 3 is 2.69 bits per heavy atom. The maximum Gasteiger partial charge on any atom is 0.246 e. The first-order valence-corrected chi connectivity index (χ1v) is 9.66. The van der Waals surface area contributed by atoms with Gasteiger partial charge in [-0.05, 0) is 29.5 Å². The molecule has 2 aliphatic rings. The number of piperazine rings is 1. The number of carbonyl (C=O) groups excluding carboxylic acids is 2. The second-order valence-corrected chi connectivity index (χ2v) is 7.57. The molecule has 0 radical (unpaired) electrons. The van der Waals surface area contributed by atoms with E-state index in [4.69, 9.17) is 0 Å². The molecular formula is C16H21N7O2S. The predicted octanol–water partition coefficient (Wildman–Crippen LogP) is -0.176. The molecule has 1 saturated carbocycles.